The minimum absolute atomic E-state index is 0.204. The highest BCUT2D eigenvalue weighted by molar-refractivity contribution is 7.91. The van der Waals surface area contributed by atoms with Crippen LogP contribution in [0.3, 0.4) is 0 Å². The molecule has 2 aromatic rings. The fourth-order valence-electron chi connectivity index (χ4n) is 2.21. The van der Waals surface area contributed by atoms with Crippen molar-refractivity contribution < 1.29 is 30.8 Å². The van der Waals surface area contributed by atoms with Gasteiger partial charge in [-0.15, -0.1) is 0 Å². The summed E-state index contributed by atoms with van der Waals surface area (Å²) in [6.07, 6.45) is -3.95. The molecule has 0 fully saturated rings. The molecule has 11 heteroatoms. The van der Waals surface area contributed by atoms with Crippen LogP contribution in [-0.2, 0) is 16.0 Å². The van der Waals surface area contributed by atoms with Crippen molar-refractivity contribution in [1.82, 2.24) is 14.7 Å². The van der Waals surface area contributed by atoms with Gasteiger partial charge in [0.25, 0.3) is 0 Å². The summed E-state index contributed by atoms with van der Waals surface area (Å²) >= 11 is 0. The van der Waals surface area contributed by atoms with Gasteiger partial charge in [0.2, 0.25) is 9.84 Å². The molecule has 1 aromatic heterocycles. The van der Waals surface area contributed by atoms with Crippen molar-refractivity contribution in [3.63, 3.8) is 0 Å². The van der Waals surface area contributed by atoms with Gasteiger partial charge < -0.3 is 4.90 Å². The fraction of sp³-hybridized carbons (Fsp3) is 0.333. The Morgan fingerprint density at radius 3 is 2.35 bits per heavy atom. The molecule has 0 aliphatic heterocycles. The van der Waals surface area contributed by atoms with Crippen LogP contribution in [0.5, 0.6) is 0 Å². The Labute approximate surface area is 146 Å². The summed E-state index contributed by atoms with van der Waals surface area (Å²) in [6.45, 7) is 4.17. The molecule has 1 amide bonds. The predicted octanol–water partition coefficient (Wildman–Crippen LogP) is 3.18. The van der Waals surface area contributed by atoms with Crippen molar-refractivity contribution in [2.45, 2.75) is 29.9 Å². The van der Waals surface area contributed by atoms with E-state index in [0.29, 0.717) is 25.2 Å². The number of sulfone groups is 1. The lowest BCUT2D eigenvalue weighted by atomic mass is 10.2. The van der Waals surface area contributed by atoms with Crippen LogP contribution in [0.25, 0.3) is 0 Å². The normalized spacial score (nSPS) is 12.2. The molecule has 0 saturated heterocycles. The van der Waals surface area contributed by atoms with Crippen molar-refractivity contribution in [2.75, 3.05) is 13.1 Å². The van der Waals surface area contributed by atoms with Gasteiger partial charge in [0.1, 0.15) is 5.82 Å². The number of aromatic nitrogens is 2. The first-order valence-corrected chi connectivity index (χ1v) is 8.97. The fourth-order valence-corrected chi connectivity index (χ4v) is 3.40. The van der Waals surface area contributed by atoms with Gasteiger partial charge in [0.05, 0.1) is 10.5 Å². The maximum Gasteiger partial charge on any atom is 0.419 e. The average molecular weight is 393 g/mol. The van der Waals surface area contributed by atoms with E-state index in [4.69, 9.17) is 0 Å². The molecule has 142 valence electrons. The van der Waals surface area contributed by atoms with Crippen LogP contribution in [0.4, 0.5) is 22.4 Å². The van der Waals surface area contributed by atoms with Crippen molar-refractivity contribution >= 4 is 15.9 Å². The molecule has 1 aromatic carbocycles. The number of nitrogens with zero attached hydrogens (tertiary/aromatic N) is 3. The van der Waals surface area contributed by atoms with Crippen molar-refractivity contribution in [1.29, 1.82) is 0 Å². The van der Waals surface area contributed by atoms with Crippen molar-refractivity contribution in [3.05, 3.63) is 41.8 Å². The second-order valence-corrected chi connectivity index (χ2v) is 7.09. The largest absolute Gasteiger partial charge is 0.419 e. The molecule has 0 atom stereocenters. The standard InChI is InChI=1S/C15H15F4N3O3S/c1-3-21(4-2)14(23)22-8-7-13(20-22)26(24,25)10-5-6-12(16)11(9-10)15(17,18)19/h5-9H,3-4H2,1-2H3. The summed E-state index contributed by atoms with van der Waals surface area (Å²) < 4.78 is 77.5. The minimum atomic E-state index is -5.05. The van der Waals surface area contributed by atoms with E-state index in [0.717, 1.165) is 16.9 Å². The van der Waals surface area contributed by atoms with Crippen LogP contribution in [0.2, 0.25) is 0 Å². The van der Waals surface area contributed by atoms with E-state index in [1.807, 2.05) is 0 Å². The molecule has 0 radical (unpaired) electrons. The highest BCUT2D eigenvalue weighted by Crippen LogP contribution is 2.33. The molecule has 0 saturated carbocycles. The van der Waals surface area contributed by atoms with E-state index in [2.05, 4.69) is 5.10 Å². The van der Waals surface area contributed by atoms with Gasteiger partial charge >= 0.3 is 12.2 Å². The van der Waals surface area contributed by atoms with Crippen LogP contribution in [0.1, 0.15) is 19.4 Å². The van der Waals surface area contributed by atoms with Crippen LogP contribution >= 0.6 is 0 Å². The number of halogens is 4. The van der Waals surface area contributed by atoms with E-state index < -0.39 is 43.3 Å². The Balaban J connectivity index is 2.45. The third kappa shape index (κ3) is 3.71. The van der Waals surface area contributed by atoms with Crippen LogP contribution < -0.4 is 0 Å². The number of carbonyl (C=O) groups excluding carboxylic acids is 1. The lowest BCUT2D eigenvalue weighted by Crippen LogP contribution is -2.34. The number of hydrogen-bond acceptors (Lipinski definition) is 4. The Hall–Kier alpha value is -2.43. The number of alkyl halides is 3. The van der Waals surface area contributed by atoms with Crippen molar-refractivity contribution in [2.24, 2.45) is 0 Å². The number of benzene rings is 1. The third-order valence-corrected chi connectivity index (χ3v) is 5.27. The maximum atomic E-state index is 13.3. The van der Waals surface area contributed by atoms with Gasteiger partial charge in [-0.1, -0.05) is 0 Å². The second kappa shape index (κ2) is 7.06. The summed E-state index contributed by atoms with van der Waals surface area (Å²) in [5.41, 5.74) is -1.70. The molecular weight excluding hydrogens is 378 g/mol. The van der Waals surface area contributed by atoms with Gasteiger partial charge in [0, 0.05) is 19.3 Å². The summed E-state index contributed by atoms with van der Waals surface area (Å²) in [7, 11) is -4.46. The smallest absolute Gasteiger partial charge is 0.323 e. The zero-order valence-corrected chi connectivity index (χ0v) is 14.6. The second-order valence-electron chi connectivity index (χ2n) is 5.20. The average Bonchev–Trinajstić information content (AvgIpc) is 3.05. The molecule has 2 rings (SSSR count). The summed E-state index contributed by atoms with van der Waals surface area (Å²) in [5.74, 6) is -1.58. The van der Waals surface area contributed by atoms with Crippen LogP contribution in [0.15, 0.2) is 40.4 Å². The Morgan fingerprint density at radius 2 is 1.81 bits per heavy atom. The third-order valence-electron chi connectivity index (χ3n) is 3.62. The number of carbonyl (C=O) groups is 1. The molecule has 0 aliphatic carbocycles. The first-order chi connectivity index (χ1) is 12.0. The SMILES string of the molecule is CCN(CC)C(=O)n1ccc(S(=O)(=O)c2ccc(F)c(C(F)(F)F)c2)n1. The van der Waals surface area contributed by atoms with E-state index in [9.17, 15) is 30.8 Å². The maximum absolute atomic E-state index is 13.3. The first kappa shape index (κ1) is 19.9. The quantitative estimate of drug-likeness (QED) is 0.591. The lowest BCUT2D eigenvalue weighted by molar-refractivity contribution is -0.140. The predicted molar refractivity (Wildman–Crippen MR) is 82.8 cm³/mol. The first-order valence-electron chi connectivity index (χ1n) is 7.49. The van der Waals surface area contributed by atoms with Gasteiger partial charge in [0.15, 0.2) is 5.03 Å². The highest BCUT2D eigenvalue weighted by Gasteiger charge is 2.36. The number of amides is 1. The molecule has 1 heterocycles. The van der Waals surface area contributed by atoms with Crippen molar-refractivity contribution in [3.8, 4) is 0 Å². The van der Waals surface area contributed by atoms with E-state index in [-0.39, 0.29) is 6.07 Å². The Kier molecular flexibility index (Phi) is 5.40. The Morgan fingerprint density at radius 1 is 1.19 bits per heavy atom. The lowest BCUT2D eigenvalue weighted by Gasteiger charge is -2.17. The minimum Gasteiger partial charge on any atom is -0.323 e. The van der Waals surface area contributed by atoms with Gasteiger partial charge in [-0.25, -0.2) is 17.6 Å². The van der Waals surface area contributed by atoms with E-state index in [1.165, 1.54) is 4.90 Å². The van der Waals surface area contributed by atoms with Gasteiger partial charge in [-0.2, -0.15) is 23.0 Å². The zero-order valence-electron chi connectivity index (χ0n) is 13.8. The van der Waals surface area contributed by atoms with E-state index >= 15 is 0 Å². The molecule has 0 spiro atoms. The van der Waals surface area contributed by atoms with Gasteiger partial charge in [-0.3, -0.25) is 0 Å². The monoisotopic (exact) mass is 393 g/mol. The molecular formula is C15H15F4N3O3S. The molecule has 0 N–H and O–H groups in total. The highest BCUT2D eigenvalue weighted by atomic mass is 32.2. The molecule has 0 unspecified atom stereocenters. The molecule has 0 bridgehead atoms. The van der Waals surface area contributed by atoms with E-state index in [1.54, 1.807) is 13.8 Å². The molecule has 6 nitrogen and oxygen atoms in total. The van der Waals surface area contributed by atoms with Gasteiger partial charge in [-0.05, 0) is 38.1 Å². The Bertz CT molecular complexity index is 918. The number of rotatable bonds is 4. The molecule has 0 aliphatic rings. The van der Waals surface area contributed by atoms with Crippen LogP contribution in [0, 0.1) is 5.82 Å². The summed E-state index contributed by atoms with van der Waals surface area (Å²) in [6, 6.07) is 1.76. The summed E-state index contributed by atoms with van der Waals surface area (Å²) in [5, 5.41) is 3.04. The summed E-state index contributed by atoms with van der Waals surface area (Å²) in [4.78, 5) is 12.8. The van der Waals surface area contributed by atoms with Crippen LogP contribution in [-0.4, -0.2) is 42.2 Å². The topological polar surface area (TPSA) is 72.3 Å². The molecule has 26 heavy (non-hydrogen) atoms. The zero-order chi connectivity index (χ0) is 19.7. The number of hydrogen-bond donors (Lipinski definition) is 0.